The first kappa shape index (κ1) is 12.4. The Morgan fingerprint density at radius 3 is 2.78 bits per heavy atom. The van der Waals surface area contributed by atoms with E-state index >= 15 is 0 Å². The number of carbonyl (C=O) groups excluding carboxylic acids is 1. The molecule has 1 aromatic rings. The molecule has 0 radical (unpaired) electrons. The van der Waals surface area contributed by atoms with E-state index in [-0.39, 0.29) is 5.97 Å². The molecule has 5 nitrogen and oxygen atoms in total. The number of carbonyl (C=O) groups is 1. The molecular formula is C13H15NO4. The Morgan fingerprint density at radius 1 is 1.44 bits per heavy atom. The summed E-state index contributed by atoms with van der Waals surface area (Å²) < 4.78 is 9.97. The summed E-state index contributed by atoms with van der Waals surface area (Å²) in [6.07, 6.45) is -0.187. The monoisotopic (exact) mass is 249 g/mol. The molecular weight excluding hydrogens is 234 g/mol. The number of hydrogen-bond acceptors (Lipinski definition) is 5. The average Bonchev–Trinajstić information content (AvgIpc) is 2.89. The molecule has 2 rings (SSSR count). The minimum atomic E-state index is -0.623. The number of ether oxygens (including phenoxy) is 2. The molecule has 1 aliphatic rings. The maximum absolute atomic E-state index is 11.5. The van der Waals surface area contributed by atoms with Gasteiger partial charge in [-0.25, -0.2) is 4.79 Å². The Bertz CT molecular complexity index is 453. The van der Waals surface area contributed by atoms with Gasteiger partial charge < -0.3 is 14.3 Å². The van der Waals surface area contributed by atoms with Crippen LogP contribution >= 0.6 is 0 Å². The fourth-order valence-electron chi connectivity index (χ4n) is 1.69. The number of esters is 1. The van der Waals surface area contributed by atoms with Gasteiger partial charge in [0.15, 0.2) is 0 Å². The van der Waals surface area contributed by atoms with Crippen molar-refractivity contribution in [3.05, 3.63) is 29.8 Å². The highest BCUT2D eigenvalue weighted by Crippen LogP contribution is 2.19. The molecule has 0 saturated heterocycles. The van der Waals surface area contributed by atoms with E-state index in [4.69, 9.17) is 14.3 Å². The Balaban J connectivity index is 2.01. The highest BCUT2D eigenvalue weighted by molar-refractivity contribution is 6.03. The van der Waals surface area contributed by atoms with Crippen molar-refractivity contribution in [1.29, 1.82) is 0 Å². The minimum absolute atomic E-state index is 0.344. The van der Waals surface area contributed by atoms with E-state index < -0.39 is 6.10 Å². The lowest BCUT2D eigenvalue weighted by Crippen LogP contribution is -2.23. The molecule has 1 heterocycles. The highest BCUT2D eigenvalue weighted by Gasteiger charge is 2.29. The topological polar surface area (TPSA) is 57.1 Å². The molecule has 0 amide bonds. The first-order chi connectivity index (χ1) is 8.74. The molecule has 1 unspecified atom stereocenters. The van der Waals surface area contributed by atoms with Crippen molar-refractivity contribution in [2.45, 2.75) is 19.4 Å². The summed E-state index contributed by atoms with van der Waals surface area (Å²) in [5.74, 6) is 0.407. The third-order valence-corrected chi connectivity index (χ3v) is 2.64. The maximum atomic E-state index is 11.5. The first-order valence-corrected chi connectivity index (χ1v) is 5.78. The van der Waals surface area contributed by atoms with Crippen LogP contribution in [-0.2, 0) is 14.4 Å². The number of benzene rings is 1. The number of methoxy groups -OCH3 is 1. The summed E-state index contributed by atoms with van der Waals surface area (Å²) in [6.45, 7) is 2.11. The van der Waals surface area contributed by atoms with E-state index in [1.165, 1.54) is 0 Å². The lowest BCUT2D eigenvalue weighted by molar-refractivity contribution is -0.154. The highest BCUT2D eigenvalue weighted by atomic mass is 16.7. The predicted octanol–water partition coefficient (Wildman–Crippen LogP) is 1.75. The molecule has 1 aliphatic heterocycles. The van der Waals surface area contributed by atoms with Crippen molar-refractivity contribution >= 4 is 11.7 Å². The van der Waals surface area contributed by atoms with Gasteiger partial charge >= 0.3 is 5.97 Å². The molecule has 0 fully saturated rings. The van der Waals surface area contributed by atoms with Gasteiger partial charge in [-0.3, -0.25) is 0 Å². The van der Waals surface area contributed by atoms with Gasteiger partial charge in [-0.15, -0.1) is 0 Å². The number of oxime groups is 1. The fraction of sp³-hybridized carbons (Fsp3) is 0.385. The van der Waals surface area contributed by atoms with Crippen molar-refractivity contribution in [2.24, 2.45) is 5.16 Å². The van der Waals surface area contributed by atoms with Gasteiger partial charge in [0.2, 0.25) is 6.10 Å². The molecule has 0 N–H and O–H groups in total. The Hall–Kier alpha value is -2.04. The third-order valence-electron chi connectivity index (χ3n) is 2.64. The van der Waals surface area contributed by atoms with Crippen LogP contribution in [0.5, 0.6) is 5.75 Å². The van der Waals surface area contributed by atoms with Crippen LogP contribution in [0, 0.1) is 0 Å². The Labute approximate surface area is 105 Å². The van der Waals surface area contributed by atoms with Crippen molar-refractivity contribution in [2.75, 3.05) is 13.7 Å². The average molecular weight is 249 g/mol. The summed E-state index contributed by atoms with van der Waals surface area (Å²) in [5.41, 5.74) is 1.67. The zero-order valence-corrected chi connectivity index (χ0v) is 10.4. The second-order valence-electron chi connectivity index (χ2n) is 3.82. The normalized spacial score (nSPS) is 17.9. The molecule has 1 atom stereocenters. The Kier molecular flexibility index (Phi) is 3.82. The van der Waals surface area contributed by atoms with Crippen LogP contribution in [0.3, 0.4) is 0 Å². The van der Waals surface area contributed by atoms with Gasteiger partial charge in [-0.1, -0.05) is 5.16 Å². The van der Waals surface area contributed by atoms with Gasteiger partial charge in [0.05, 0.1) is 19.4 Å². The van der Waals surface area contributed by atoms with Crippen LogP contribution in [-0.4, -0.2) is 31.5 Å². The van der Waals surface area contributed by atoms with Crippen LogP contribution in [0.1, 0.15) is 18.9 Å². The van der Waals surface area contributed by atoms with Crippen LogP contribution in [0.2, 0.25) is 0 Å². The zero-order valence-electron chi connectivity index (χ0n) is 10.4. The lowest BCUT2D eigenvalue weighted by atomic mass is 10.1. The molecule has 0 aromatic heterocycles. The number of rotatable bonds is 4. The molecule has 0 bridgehead atoms. The number of hydrogen-bond donors (Lipinski definition) is 0. The Morgan fingerprint density at radius 2 is 2.17 bits per heavy atom. The standard InChI is InChI=1S/C13H15NO4/c1-3-17-13(15)12-8-11(14-18-12)9-4-6-10(16-2)7-5-9/h4-7,12H,3,8H2,1-2H3. The quantitative estimate of drug-likeness (QED) is 0.763. The molecule has 5 heteroatoms. The molecule has 0 saturated carbocycles. The maximum Gasteiger partial charge on any atom is 0.350 e. The number of nitrogens with zero attached hydrogens (tertiary/aromatic N) is 1. The predicted molar refractivity (Wildman–Crippen MR) is 65.7 cm³/mol. The van der Waals surface area contributed by atoms with Gasteiger partial charge in [0.1, 0.15) is 5.75 Å². The third kappa shape index (κ3) is 2.61. The molecule has 0 aliphatic carbocycles. The molecule has 96 valence electrons. The summed E-state index contributed by atoms with van der Waals surface area (Å²) in [6, 6.07) is 7.45. The molecule has 0 spiro atoms. The molecule has 1 aromatic carbocycles. The summed E-state index contributed by atoms with van der Waals surface area (Å²) >= 11 is 0. The van der Waals surface area contributed by atoms with Gasteiger partial charge in [-0.2, -0.15) is 0 Å². The fourth-order valence-corrected chi connectivity index (χ4v) is 1.69. The van der Waals surface area contributed by atoms with Crippen LogP contribution in [0.25, 0.3) is 0 Å². The molecule has 18 heavy (non-hydrogen) atoms. The van der Waals surface area contributed by atoms with Crippen molar-refractivity contribution in [3.63, 3.8) is 0 Å². The van der Waals surface area contributed by atoms with E-state index in [0.29, 0.717) is 13.0 Å². The second kappa shape index (κ2) is 5.53. The summed E-state index contributed by atoms with van der Waals surface area (Å²) in [5, 5.41) is 3.92. The van der Waals surface area contributed by atoms with E-state index in [1.807, 2.05) is 24.3 Å². The van der Waals surface area contributed by atoms with Crippen molar-refractivity contribution in [3.8, 4) is 5.75 Å². The largest absolute Gasteiger partial charge is 0.497 e. The first-order valence-electron chi connectivity index (χ1n) is 5.78. The van der Waals surface area contributed by atoms with Crippen LogP contribution in [0.4, 0.5) is 0 Å². The smallest absolute Gasteiger partial charge is 0.350 e. The van der Waals surface area contributed by atoms with Gasteiger partial charge in [0, 0.05) is 6.42 Å². The van der Waals surface area contributed by atoms with Crippen molar-refractivity contribution < 1.29 is 19.1 Å². The lowest BCUT2D eigenvalue weighted by Gasteiger charge is -2.06. The summed E-state index contributed by atoms with van der Waals surface area (Å²) in [7, 11) is 1.61. The van der Waals surface area contributed by atoms with Crippen LogP contribution in [0.15, 0.2) is 29.4 Å². The van der Waals surface area contributed by atoms with Crippen LogP contribution < -0.4 is 4.74 Å². The van der Waals surface area contributed by atoms with E-state index in [9.17, 15) is 4.79 Å². The summed E-state index contributed by atoms with van der Waals surface area (Å²) in [4.78, 5) is 16.6. The zero-order chi connectivity index (χ0) is 13.0. The van der Waals surface area contributed by atoms with Crippen molar-refractivity contribution in [1.82, 2.24) is 0 Å². The van der Waals surface area contributed by atoms with E-state index in [0.717, 1.165) is 17.0 Å². The van der Waals surface area contributed by atoms with Gasteiger partial charge in [-0.05, 0) is 36.8 Å². The van der Waals surface area contributed by atoms with Gasteiger partial charge in [0.25, 0.3) is 0 Å². The second-order valence-corrected chi connectivity index (χ2v) is 3.82. The van der Waals surface area contributed by atoms with E-state index in [2.05, 4.69) is 5.16 Å². The SMILES string of the molecule is CCOC(=O)C1CC(c2ccc(OC)cc2)=NO1. The minimum Gasteiger partial charge on any atom is -0.497 e. The van der Waals surface area contributed by atoms with E-state index in [1.54, 1.807) is 14.0 Å².